The maximum Gasteiger partial charge on any atom is 0.416 e. The van der Waals surface area contributed by atoms with E-state index in [1.165, 1.54) is 11.3 Å². The minimum atomic E-state index is -4.52. The second-order valence-corrected chi connectivity index (χ2v) is 12.1. The zero-order valence-electron chi connectivity index (χ0n) is 15.4. The van der Waals surface area contributed by atoms with Crippen molar-refractivity contribution < 1.29 is 19.1 Å². The van der Waals surface area contributed by atoms with Crippen molar-refractivity contribution in [1.29, 1.82) is 0 Å². The van der Waals surface area contributed by atoms with E-state index in [1.807, 2.05) is 30.8 Å². The summed E-state index contributed by atoms with van der Waals surface area (Å²) in [6.07, 6.45) is -2.48. The Bertz CT molecular complexity index is 792. The molecule has 0 saturated heterocycles. The van der Waals surface area contributed by atoms with Gasteiger partial charge in [0.2, 0.25) is 5.69 Å². The van der Waals surface area contributed by atoms with Gasteiger partial charge in [0, 0.05) is 16.8 Å². The number of benzene rings is 1. The van der Waals surface area contributed by atoms with Crippen molar-refractivity contribution in [2.24, 2.45) is 7.05 Å². The first-order chi connectivity index (χ1) is 10.8. The second-order valence-electron chi connectivity index (χ2n) is 7.06. The molecule has 0 spiro atoms. The quantitative estimate of drug-likeness (QED) is 0.565. The SMILES string of the molecule is [2H]c1cc(C)c(-c2cc(C)c([Si](C)(C)C)c[n+]2C)cc1C(F)(F)F. The molecular weight excluding hydrogens is 315 g/mol. The summed E-state index contributed by atoms with van der Waals surface area (Å²) < 4.78 is 49.0. The van der Waals surface area contributed by atoms with E-state index >= 15 is 0 Å². The number of hydrogen-bond donors (Lipinski definition) is 0. The van der Waals surface area contributed by atoms with Gasteiger partial charge in [0.05, 0.1) is 15.0 Å². The maximum atomic E-state index is 13.2. The molecule has 0 aliphatic rings. The molecule has 2 rings (SSSR count). The molecule has 0 aliphatic carbocycles. The van der Waals surface area contributed by atoms with Crippen LogP contribution in [0.3, 0.4) is 0 Å². The lowest BCUT2D eigenvalue weighted by Crippen LogP contribution is -2.46. The number of hydrogen-bond acceptors (Lipinski definition) is 0. The predicted molar refractivity (Wildman–Crippen MR) is 90.5 cm³/mol. The summed E-state index contributed by atoms with van der Waals surface area (Å²) in [6.45, 7) is 10.5. The molecule has 0 aliphatic heterocycles. The molecule has 0 amide bonds. The van der Waals surface area contributed by atoms with Crippen LogP contribution in [-0.2, 0) is 13.2 Å². The summed E-state index contributed by atoms with van der Waals surface area (Å²) in [7, 11) is 0.334. The van der Waals surface area contributed by atoms with Crippen molar-refractivity contribution >= 4 is 13.3 Å². The monoisotopic (exact) mass is 339 g/mol. The zero-order valence-corrected chi connectivity index (χ0v) is 15.4. The zero-order chi connectivity index (χ0) is 18.4. The number of pyridine rings is 1. The summed E-state index contributed by atoms with van der Waals surface area (Å²) in [5.41, 5.74) is 2.13. The summed E-state index contributed by atoms with van der Waals surface area (Å²) in [5.74, 6) is 0. The first-order valence-corrected chi connectivity index (χ1v) is 11.0. The molecule has 0 radical (unpaired) electrons. The van der Waals surface area contributed by atoms with E-state index in [0.717, 1.165) is 17.3 Å². The maximum absolute atomic E-state index is 13.2. The molecule has 0 saturated carbocycles. The van der Waals surface area contributed by atoms with Gasteiger partial charge in [-0.1, -0.05) is 25.7 Å². The van der Waals surface area contributed by atoms with Crippen LogP contribution in [0, 0.1) is 13.8 Å². The van der Waals surface area contributed by atoms with Crippen molar-refractivity contribution in [3.63, 3.8) is 0 Å². The Hall–Kier alpha value is -1.62. The van der Waals surface area contributed by atoms with Gasteiger partial charge in [0.1, 0.15) is 7.05 Å². The minimum absolute atomic E-state index is 0.484. The van der Waals surface area contributed by atoms with Crippen LogP contribution < -0.4 is 9.75 Å². The summed E-state index contributed by atoms with van der Waals surface area (Å²) in [4.78, 5) is 0. The molecule has 0 unspecified atom stereocenters. The topological polar surface area (TPSA) is 3.88 Å². The van der Waals surface area contributed by atoms with E-state index in [0.29, 0.717) is 11.1 Å². The number of aryl methyl sites for hydroxylation is 3. The van der Waals surface area contributed by atoms with Crippen LogP contribution in [-0.4, -0.2) is 8.07 Å². The van der Waals surface area contributed by atoms with Gasteiger partial charge in [-0.15, -0.1) is 0 Å². The van der Waals surface area contributed by atoms with Crippen molar-refractivity contribution in [2.45, 2.75) is 39.7 Å². The fourth-order valence-electron chi connectivity index (χ4n) is 2.81. The summed E-state index contributed by atoms with van der Waals surface area (Å²) in [6, 6.07) is 3.86. The molecular formula is C18H23F3NSi+. The molecule has 5 heteroatoms. The second kappa shape index (κ2) is 5.78. The van der Waals surface area contributed by atoms with Crippen molar-refractivity contribution in [1.82, 2.24) is 0 Å². The Morgan fingerprint density at radius 1 is 1.09 bits per heavy atom. The van der Waals surface area contributed by atoms with Crippen LogP contribution >= 0.6 is 0 Å². The van der Waals surface area contributed by atoms with Crippen LogP contribution in [0.2, 0.25) is 19.6 Å². The van der Waals surface area contributed by atoms with Gasteiger partial charge < -0.3 is 0 Å². The van der Waals surface area contributed by atoms with Crippen LogP contribution in [0.4, 0.5) is 13.2 Å². The molecule has 2 aromatic rings. The van der Waals surface area contributed by atoms with Crippen molar-refractivity contribution in [3.05, 3.63) is 47.1 Å². The third-order valence-electron chi connectivity index (χ3n) is 4.03. The Morgan fingerprint density at radius 2 is 1.70 bits per heavy atom. The van der Waals surface area contributed by atoms with E-state index in [1.54, 1.807) is 6.92 Å². The largest absolute Gasteiger partial charge is 0.416 e. The Kier molecular flexibility index (Phi) is 4.08. The van der Waals surface area contributed by atoms with Gasteiger partial charge in [0.25, 0.3) is 0 Å². The number of aromatic nitrogens is 1. The van der Waals surface area contributed by atoms with E-state index in [2.05, 4.69) is 19.6 Å². The molecule has 1 aromatic heterocycles. The number of nitrogens with zero attached hydrogens (tertiary/aromatic N) is 1. The molecule has 0 fully saturated rings. The number of alkyl halides is 3. The fourth-order valence-corrected chi connectivity index (χ4v) is 4.64. The highest BCUT2D eigenvalue weighted by molar-refractivity contribution is 6.88. The minimum Gasteiger partial charge on any atom is -0.201 e. The third-order valence-corrected chi connectivity index (χ3v) is 6.17. The highest BCUT2D eigenvalue weighted by atomic mass is 28.3. The van der Waals surface area contributed by atoms with E-state index < -0.39 is 25.9 Å². The van der Waals surface area contributed by atoms with Gasteiger partial charge in [-0.2, -0.15) is 13.2 Å². The normalized spacial score (nSPS) is 13.2. The molecule has 1 aromatic carbocycles. The van der Waals surface area contributed by atoms with Gasteiger partial charge in [0.15, 0.2) is 6.20 Å². The van der Waals surface area contributed by atoms with Crippen molar-refractivity contribution in [3.8, 4) is 11.3 Å². The smallest absolute Gasteiger partial charge is 0.201 e. The van der Waals surface area contributed by atoms with Gasteiger partial charge >= 0.3 is 6.18 Å². The number of halogens is 3. The van der Waals surface area contributed by atoms with E-state index in [4.69, 9.17) is 1.37 Å². The number of rotatable bonds is 2. The first kappa shape index (κ1) is 16.2. The van der Waals surface area contributed by atoms with Crippen LogP contribution in [0.25, 0.3) is 11.3 Å². The predicted octanol–water partition coefficient (Wildman–Crippen LogP) is 4.36. The molecule has 1 nitrogen and oxygen atoms in total. The molecule has 124 valence electrons. The lowest BCUT2D eigenvalue weighted by molar-refractivity contribution is -0.659. The lowest BCUT2D eigenvalue weighted by Gasteiger charge is -2.19. The summed E-state index contributed by atoms with van der Waals surface area (Å²) >= 11 is 0. The fraction of sp³-hybridized carbons (Fsp3) is 0.389. The molecule has 0 N–H and O–H groups in total. The molecule has 1 heterocycles. The first-order valence-electron chi connectivity index (χ1n) is 8.02. The molecule has 23 heavy (non-hydrogen) atoms. The van der Waals surface area contributed by atoms with E-state index in [-0.39, 0.29) is 0 Å². The van der Waals surface area contributed by atoms with Crippen LogP contribution in [0.5, 0.6) is 0 Å². The van der Waals surface area contributed by atoms with E-state index in [9.17, 15) is 13.2 Å². The van der Waals surface area contributed by atoms with Gasteiger partial charge in [-0.3, -0.25) is 0 Å². The molecule has 0 atom stereocenters. The van der Waals surface area contributed by atoms with Crippen molar-refractivity contribution in [2.75, 3.05) is 0 Å². The third kappa shape index (κ3) is 3.66. The average Bonchev–Trinajstić information content (AvgIpc) is 2.38. The molecule has 0 bridgehead atoms. The standard InChI is InChI=1S/C18H23F3NSi/c1-12-7-8-14(18(19,20)21)10-15(12)16-9-13(2)17(11-22(16)3)23(4,5)6/h7-11H,1-6H3/q+1/i8D. The lowest BCUT2D eigenvalue weighted by atomic mass is 10.0. The Balaban J connectivity index is 2.72. The van der Waals surface area contributed by atoms with Gasteiger partial charge in [-0.05, 0) is 37.1 Å². The van der Waals surface area contributed by atoms with Crippen LogP contribution in [0.15, 0.2) is 30.4 Å². The summed E-state index contributed by atoms with van der Waals surface area (Å²) in [5, 5.41) is 1.29. The van der Waals surface area contributed by atoms with Crippen LogP contribution in [0.1, 0.15) is 18.1 Å². The Labute approximate surface area is 138 Å². The Morgan fingerprint density at radius 3 is 2.22 bits per heavy atom. The average molecular weight is 339 g/mol. The van der Waals surface area contributed by atoms with Gasteiger partial charge in [-0.25, -0.2) is 4.57 Å². The highest BCUT2D eigenvalue weighted by Gasteiger charge is 2.32. The highest BCUT2D eigenvalue weighted by Crippen LogP contribution is 2.33.